The Morgan fingerprint density at radius 1 is 1.44 bits per heavy atom. The van der Waals surface area contributed by atoms with Gasteiger partial charge in [0.05, 0.1) is 0 Å². The number of thiophene rings is 1. The molecule has 0 aliphatic carbocycles. The SMILES string of the molecule is Cc1ccsc1N(C)C(=O)CCCC(=O)O. The highest BCUT2D eigenvalue weighted by molar-refractivity contribution is 7.14. The highest BCUT2D eigenvalue weighted by atomic mass is 32.1. The second kappa shape index (κ2) is 5.65. The second-order valence-electron chi connectivity index (χ2n) is 3.61. The van der Waals surface area contributed by atoms with Gasteiger partial charge in [-0.2, -0.15) is 0 Å². The minimum absolute atomic E-state index is 0.0354. The van der Waals surface area contributed by atoms with Gasteiger partial charge in [-0.3, -0.25) is 9.59 Å². The van der Waals surface area contributed by atoms with E-state index in [9.17, 15) is 9.59 Å². The summed E-state index contributed by atoms with van der Waals surface area (Å²) in [6, 6.07) is 1.96. The Bertz CT molecular complexity index is 386. The first-order valence-electron chi connectivity index (χ1n) is 5.05. The summed E-state index contributed by atoms with van der Waals surface area (Å²) < 4.78 is 0. The third-order valence-corrected chi connectivity index (χ3v) is 3.39. The van der Waals surface area contributed by atoms with Crippen molar-refractivity contribution in [2.24, 2.45) is 0 Å². The molecule has 0 atom stereocenters. The molecule has 1 amide bonds. The van der Waals surface area contributed by atoms with Gasteiger partial charge in [-0.05, 0) is 30.4 Å². The number of anilines is 1. The topological polar surface area (TPSA) is 57.6 Å². The van der Waals surface area contributed by atoms with Gasteiger partial charge in [0.2, 0.25) is 5.91 Å². The van der Waals surface area contributed by atoms with E-state index in [0.717, 1.165) is 10.6 Å². The number of carbonyl (C=O) groups is 2. The predicted molar refractivity (Wildman–Crippen MR) is 64.0 cm³/mol. The molecular formula is C11H15NO3S. The lowest BCUT2D eigenvalue weighted by Crippen LogP contribution is -2.25. The van der Waals surface area contributed by atoms with E-state index in [0.29, 0.717) is 6.42 Å². The molecular weight excluding hydrogens is 226 g/mol. The molecule has 5 heteroatoms. The van der Waals surface area contributed by atoms with E-state index in [4.69, 9.17) is 5.11 Å². The van der Waals surface area contributed by atoms with Crippen molar-refractivity contribution < 1.29 is 14.7 Å². The Labute approximate surface area is 98.5 Å². The van der Waals surface area contributed by atoms with E-state index in [1.807, 2.05) is 18.4 Å². The number of aryl methyl sites for hydroxylation is 1. The van der Waals surface area contributed by atoms with Crippen LogP contribution in [0.5, 0.6) is 0 Å². The third kappa shape index (κ3) is 3.34. The molecule has 0 spiro atoms. The van der Waals surface area contributed by atoms with Gasteiger partial charge in [-0.25, -0.2) is 0 Å². The molecule has 0 fully saturated rings. The number of carboxylic acids is 1. The van der Waals surface area contributed by atoms with E-state index in [-0.39, 0.29) is 18.7 Å². The fraction of sp³-hybridized carbons (Fsp3) is 0.455. The molecule has 0 aromatic carbocycles. The molecule has 1 N–H and O–H groups in total. The largest absolute Gasteiger partial charge is 0.481 e. The summed E-state index contributed by atoms with van der Waals surface area (Å²) in [5.41, 5.74) is 1.07. The van der Waals surface area contributed by atoms with Gasteiger partial charge >= 0.3 is 5.97 Å². The van der Waals surface area contributed by atoms with E-state index in [2.05, 4.69) is 0 Å². The lowest BCUT2D eigenvalue weighted by atomic mass is 10.2. The zero-order valence-electron chi connectivity index (χ0n) is 9.40. The molecule has 0 bridgehead atoms. The van der Waals surface area contributed by atoms with Gasteiger partial charge in [0.25, 0.3) is 0 Å². The average molecular weight is 241 g/mol. The molecule has 0 aliphatic heterocycles. The van der Waals surface area contributed by atoms with Crippen LogP contribution in [0.15, 0.2) is 11.4 Å². The fourth-order valence-electron chi connectivity index (χ4n) is 1.38. The fourth-order valence-corrected chi connectivity index (χ4v) is 2.30. The van der Waals surface area contributed by atoms with E-state index < -0.39 is 5.97 Å². The van der Waals surface area contributed by atoms with Gasteiger partial charge in [-0.15, -0.1) is 11.3 Å². The van der Waals surface area contributed by atoms with Crippen molar-refractivity contribution in [1.29, 1.82) is 0 Å². The molecule has 0 aliphatic rings. The Kier molecular flexibility index (Phi) is 4.49. The summed E-state index contributed by atoms with van der Waals surface area (Å²) in [6.45, 7) is 1.95. The average Bonchev–Trinajstić information content (AvgIpc) is 2.62. The molecule has 88 valence electrons. The Morgan fingerprint density at radius 2 is 2.12 bits per heavy atom. The van der Waals surface area contributed by atoms with Crippen molar-refractivity contribution in [2.75, 3.05) is 11.9 Å². The van der Waals surface area contributed by atoms with Gasteiger partial charge in [-0.1, -0.05) is 0 Å². The molecule has 4 nitrogen and oxygen atoms in total. The van der Waals surface area contributed by atoms with E-state index >= 15 is 0 Å². The van der Waals surface area contributed by atoms with Crippen LogP contribution in [0.2, 0.25) is 0 Å². The van der Waals surface area contributed by atoms with Crippen molar-refractivity contribution >= 4 is 28.2 Å². The van der Waals surface area contributed by atoms with Gasteiger partial charge in [0.15, 0.2) is 0 Å². The predicted octanol–water partition coefficient (Wildman–Crippen LogP) is 2.27. The number of hydrogen-bond donors (Lipinski definition) is 1. The maximum Gasteiger partial charge on any atom is 0.303 e. The van der Waals surface area contributed by atoms with Crippen LogP contribution in [0.1, 0.15) is 24.8 Å². The van der Waals surface area contributed by atoms with Gasteiger partial charge < -0.3 is 10.0 Å². The van der Waals surface area contributed by atoms with Crippen molar-refractivity contribution in [2.45, 2.75) is 26.2 Å². The number of carbonyl (C=O) groups excluding carboxylic acids is 1. The van der Waals surface area contributed by atoms with Crippen molar-refractivity contribution in [3.8, 4) is 0 Å². The van der Waals surface area contributed by atoms with Crippen LogP contribution in [0, 0.1) is 6.92 Å². The maximum atomic E-state index is 11.7. The van der Waals surface area contributed by atoms with Gasteiger partial charge in [0.1, 0.15) is 5.00 Å². The number of rotatable bonds is 5. The summed E-state index contributed by atoms with van der Waals surface area (Å²) in [5.74, 6) is -0.894. The third-order valence-electron chi connectivity index (χ3n) is 2.30. The van der Waals surface area contributed by atoms with Gasteiger partial charge in [0, 0.05) is 19.9 Å². The van der Waals surface area contributed by atoms with Crippen molar-refractivity contribution in [1.82, 2.24) is 0 Å². The molecule has 16 heavy (non-hydrogen) atoms. The van der Waals surface area contributed by atoms with E-state index in [1.165, 1.54) is 11.3 Å². The van der Waals surface area contributed by atoms with Crippen LogP contribution >= 0.6 is 11.3 Å². The molecule has 1 heterocycles. The zero-order valence-corrected chi connectivity index (χ0v) is 10.2. The molecule has 0 radical (unpaired) electrons. The first-order valence-corrected chi connectivity index (χ1v) is 5.92. The minimum atomic E-state index is -0.859. The summed E-state index contributed by atoms with van der Waals surface area (Å²) in [5, 5.41) is 11.3. The Balaban J connectivity index is 2.49. The monoisotopic (exact) mass is 241 g/mol. The molecule has 1 aromatic rings. The summed E-state index contributed by atoms with van der Waals surface area (Å²) in [6.07, 6.45) is 0.714. The zero-order chi connectivity index (χ0) is 12.1. The number of hydrogen-bond acceptors (Lipinski definition) is 3. The minimum Gasteiger partial charge on any atom is -0.481 e. The quantitative estimate of drug-likeness (QED) is 0.860. The first-order chi connectivity index (χ1) is 7.52. The molecule has 0 saturated carbocycles. The Hall–Kier alpha value is -1.36. The highest BCUT2D eigenvalue weighted by Gasteiger charge is 2.14. The van der Waals surface area contributed by atoms with Crippen LogP contribution in [0.3, 0.4) is 0 Å². The highest BCUT2D eigenvalue weighted by Crippen LogP contribution is 2.26. The van der Waals surface area contributed by atoms with Crippen LogP contribution in [-0.4, -0.2) is 24.0 Å². The lowest BCUT2D eigenvalue weighted by Gasteiger charge is -2.16. The molecule has 0 unspecified atom stereocenters. The first kappa shape index (κ1) is 12.7. The summed E-state index contributed by atoms with van der Waals surface area (Å²) in [4.78, 5) is 23.6. The molecule has 1 aromatic heterocycles. The lowest BCUT2D eigenvalue weighted by molar-refractivity contribution is -0.137. The Morgan fingerprint density at radius 3 is 2.62 bits per heavy atom. The number of amides is 1. The molecule has 1 rings (SSSR count). The number of carboxylic acid groups (broad SMARTS) is 1. The smallest absolute Gasteiger partial charge is 0.303 e. The van der Waals surface area contributed by atoms with Crippen LogP contribution in [0.4, 0.5) is 5.00 Å². The second-order valence-corrected chi connectivity index (χ2v) is 4.50. The molecule has 0 saturated heterocycles. The van der Waals surface area contributed by atoms with Crippen molar-refractivity contribution in [3.05, 3.63) is 17.0 Å². The number of aliphatic carboxylic acids is 1. The summed E-state index contributed by atoms with van der Waals surface area (Å²) in [7, 11) is 1.72. The standard InChI is InChI=1S/C11H15NO3S/c1-8-6-7-16-11(8)12(2)9(13)4-3-5-10(14)15/h6-7H,3-5H2,1-2H3,(H,14,15). The maximum absolute atomic E-state index is 11.7. The van der Waals surface area contributed by atoms with Crippen molar-refractivity contribution in [3.63, 3.8) is 0 Å². The van der Waals surface area contributed by atoms with Crippen LogP contribution in [-0.2, 0) is 9.59 Å². The normalized spacial score (nSPS) is 10.1. The van der Waals surface area contributed by atoms with E-state index in [1.54, 1.807) is 11.9 Å². The summed E-state index contributed by atoms with van der Waals surface area (Å²) >= 11 is 1.51. The van der Waals surface area contributed by atoms with Crippen LogP contribution < -0.4 is 4.90 Å². The van der Waals surface area contributed by atoms with Crippen LogP contribution in [0.25, 0.3) is 0 Å². The number of nitrogens with zero attached hydrogens (tertiary/aromatic N) is 1.